The molecule has 3 rings (SSSR count). The molecule has 0 atom stereocenters. The van der Waals surface area contributed by atoms with Crippen LogP contribution >= 0.6 is 0 Å². The number of hydrogen-bond acceptors (Lipinski definition) is 5. The maximum Gasteiger partial charge on any atom is 0.356 e. The molecule has 6 heteroatoms. The Morgan fingerprint density at radius 3 is 2.90 bits per heavy atom. The average Bonchev–Trinajstić information content (AvgIpc) is 2.96. The van der Waals surface area contributed by atoms with Crippen LogP contribution in [0.1, 0.15) is 29.8 Å². The summed E-state index contributed by atoms with van der Waals surface area (Å²) in [5, 5.41) is 13.9. The number of rotatable bonds is 4. The zero-order valence-electron chi connectivity index (χ0n) is 11.8. The van der Waals surface area contributed by atoms with Gasteiger partial charge in [-0.15, -0.1) is 0 Å². The Bertz CT molecular complexity index is 656. The molecule has 110 valence electrons. The van der Waals surface area contributed by atoms with Gasteiger partial charge in [0.2, 0.25) is 0 Å². The standard InChI is InChI=1S/C15H17N3O3/c1-21-14(20)13-5-2-4-12(17-13)11-8-16-18(9-11)15(10-19)6-3-7-15/h2,4-5,8-9,19H,3,6-7,10H2,1H3. The Morgan fingerprint density at radius 1 is 1.48 bits per heavy atom. The first-order valence-electron chi connectivity index (χ1n) is 6.90. The third kappa shape index (κ3) is 2.31. The summed E-state index contributed by atoms with van der Waals surface area (Å²) in [6.45, 7) is 0.0871. The summed E-state index contributed by atoms with van der Waals surface area (Å²) < 4.78 is 6.49. The first-order chi connectivity index (χ1) is 10.2. The highest BCUT2D eigenvalue weighted by atomic mass is 16.5. The third-order valence-corrected chi connectivity index (χ3v) is 4.09. The van der Waals surface area contributed by atoms with Crippen molar-refractivity contribution in [3.05, 3.63) is 36.3 Å². The summed E-state index contributed by atoms with van der Waals surface area (Å²) in [5.74, 6) is -0.463. The summed E-state index contributed by atoms with van der Waals surface area (Å²) in [6.07, 6.45) is 6.55. The quantitative estimate of drug-likeness (QED) is 0.864. The molecule has 1 N–H and O–H groups in total. The van der Waals surface area contributed by atoms with Gasteiger partial charge in [-0.1, -0.05) is 6.07 Å². The van der Waals surface area contributed by atoms with Gasteiger partial charge in [-0.25, -0.2) is 9.78 Å². The molecule has 1 fully saturated rings. The largest absolute Gasteiger partial charge is 0.464 e. The maximum atomic E-state index is 11.5. The topological polar surface area (TPSA) is 77.2 Å². The number of aromatic nitrogens is 3. The minimum atomic E-state index is -0.463. The van der Waals surface area contributed by atoms with E-state index in [2.05, 4.69) is 14.8 Å². The van der Waals surface area contributed by atoms with Gasteiger partial charge in [-0.2, -0.15) is 5.10 Å². The molecule has 0 amide bonds. The molecular weight excluding hydrogens is 270 g/mol. The number of methoxy groups -OCH3 is 1. The van der Waals surface area contributed by atoms with Crippen LogP contribution in [0.2, 0.25) is 0 Å². The number of aliphatic hydroxyl groups is 1. The number of ether oxygens (including phenoxy) is 1. The molecule has 6 nitrogen and oxygen atoms in total. The monoisotopic (exact) mass is 287 g/mol. The van der Waals surface area contributed by atoms with Crippen molar-refractivity contribution in [3.8, 4) is 11.3 Å². The van der Waals surface area contributed by atoms with E-state index >= 15 is 0 Å². The number of hydrogen-bond donors (Lipinski definition) is 1. The molecule has 0 saturated heterocycles. The minimum absolute atomic E-state index is 0.0871. The van der Waals surface area contributed by atoms with Crippen molar-refractivity contribution in [1.82, 2.24) is 14.8 Å². The molecule has 0 aromatic carbocycles. The predicted molar refractivity (Wildman–Crippen MR) is 75.7 cm³/mol. The van der Waals surface area contributed by atoms with E-state index in [0.717, 1.165) is 24.8 Å². The first kappa shape index (κ1) is 13.8. The van der Waals surface area contributed by atoms with Crippen LogP contribution in [0.4, 0.5) is 0 Å². The predicted octanol–water partition coefficient (Wildman–Crippen LogP) is 1.60. The van der Waals surface area contributed by atoms with Crippen LogP contribution in [0.15, 0.2) is 30.6 Å². The van der Waals surface area contributed by atoms with Gasteiger partial charge in [0.15, 0.2) is 0 Å². The lowest BCUT2D eigenvalue weighted by Gasteiger charge is -2.40. The lowest BCUT2D eigenvalue weighted by atomic mass is 9.77. The van der Waals surface area contributed by atoms with Crippen molar-refractivity contribution in [2.45, 2.75) is 24.8 Å². The average molecular weight is 287 g/mol. The Labute approximate surface area is 122 Å². The minimum Gasteiger partial charge on any atom is -0.464 e. The van der Waals surface area contributed by atoms with E-state index in [1.54, 1.807) is 18.3 Å². The summed E-state index contributed by atoms with van der Waals surface area (Å²) >= 11 is 0. The van der Waals surface area contributed by atoms with Crippen molar-refractivity contribution in [1.29, 1.82) is 0 Å². The fraction of sp³-hybridized carbons (Fsp3) is 0.400. The highest BCUT2D eigenvalue weighted by molar-refractivity contribution is 5.87. The van der Waals surface area contributed by atoms with Gasteiger partial charge in [0, 0.05) is 11.8 Å². The second-order valence-corrected chi connectivity index (χ2v) is 5.31. The molecular formula is C15H17N3O3. The molecule has 0 spiro atoms. The number of esters is 1. The van der Waals surface area contributed by atoms with Gasteiger partial charge < -0.3 is 9.84 Å². The molecule has 0 radical (unpaired) electrons. The van der Waals surface area contributed by atoms with E-state index in [4.69, 9.17) is 0 Å². The van der Waals surface area contributed by atoms with Crippen LogP contribution in [0, 0.1) is 0 Å². The summed E-state index contributed by atoms with van der Waals surface area (Å²) in [7, 11) is 1.33. The number of nitrogens with zero attached hydrogens (tertiary/aromatic N) is 3. The Balaban J connectivity index is 1.91. The molecule has 0 aliphatic heterocycles. The van der Waals surface area contributed by atoms with Crippen LogP contribution in [-0.2, 0) is 10.3 Å². The number of pyridine rings is 1. The van der Waals surface area contributed by atoms with Crippen molar-refractivity contribution in [2.75, 3.05) is 13.7 Å². The normalized spacial score (nSPS) is 16.3. The van der Waals surface area contributed by atoms with E-state index in [0.29, 0.717) is 5.69 Å². The van der Waals surface area contributed by atoms with Crippen molar-refractivity contribution >= 4 is 5.97 Å². The fourth-order valence-electron chi connectivity index (χ4n) is 2.57. The zero-order chi connectivity index (χ0) is 14.9. The molecule has 1 saturated carbocycles. The number of carbonyl (C=O) groups is 1. The van der Waals surface area contributed by atoms with Gasteiger partial charge in [0.1, 0.15) is 5.69 Å². The Hall–Kier alpha value is -2.21. The van der Waals surface area contributed by atoms with Crippen LogP contribution in [-0.4, -0.2) is 39.6 Å². The number of carbonyl (C=O) groups excluding carboxylic acids is 1. The van der Waals surface area contributed by atoms with E-state index in [-0.39, 0.29) is 17.8 Å². The van der Waals surface area contributed by atoms with Crippen molar-refractivity contribution in [3.63, 3.8) is 0 Å². The fourth-order valence-corrected chi connectivity index (χ4v) is 2.57. The molecule has 2 heterocycles. The van der Waals surface area contributed by atoms with Crippen LogP contribution < -0.4 is 0 Å². The zero-order valence-corrected chi connectivity index (χ0v) is 11.8. The molecule has 0 unspecified atom stereocenters. The SMILES string of the molecule is COC(=O)c1cccc(-c2cnn(C3(CO)CCC3)c2)n1. The highest BCUT2D eigenvalue weighted by Crippen LogP contribution is 2.38. The van der Waals surface area contributed by atoms with E-state index < -0.39 is 5.97 Å². The van der Waals surface area contributed by atoms with Crippen LogP contribution in [0.25, 0.3) is 11.3 Å². The van der Waals surface area contributed by atoms with Crippen molar-refractivity contribution < 1.29 is 14.6 Å². The molecule has 21 heavy (non-hydrogen) atoms. The molecule has 1 aliphatic carbocycles. The molecule has 2 aromatic rings. The van der Waals surface area contributed by atoms with Gasteiger partial charge in [0.25, 0.3) is 0 Å². The Kier molecular flexibility index (Phi) is 3.47. The van der Waals surface area contributed by atoms with Gasteiger partial charge >= 0.3 is 5.97 Å². The van der Waals surface area contributed by atoms with Crippen molar-refractivity contribution in [2.24, 2.45) is 0 Å². The smallest absolute Gasteiger partial charge is 0.356 e. The number of aliphatic hydroxyl groups excluding tert-OH is 1. The summed E-state index contributed by atoms with van der Waals surface area (Å²) in [5.41, 5.74) is 1.48. The van der Waals surface area contributed by atoms with E-state index in [1.807, 2.05) is 16.9 Å². The Morgan fingerprint density at radius 2 is 2.29 bits per heavy atom. The molecule has 0 bridgehead atoms. The second kappa shape index (κ2) is 5.29. The van der Waals surface area contributed by atoms with Gasteiger partial charge in [-0.05, 0) is 31.4 Å². The lowest BCUT2D eigenvalue weighted by Crippen LogP contribution is -2.44. The van der Waals surface area contributed by atoms with Crippen LogP contribution in [0.3, 0.4) is 0 Å². The third-order valence-electron chi connectivity index (χ3n) is 4.09. The molecule has 2 aromatic heterocycles. The van der Waals surface area contributed by atoms with Gasteiger partial charge in [0.05, 0.1) is 31.1 Å². The summed E-state index contributed by atoms with van der Waals surface area (Å²) in [4.78, 5) is 15.8. The summed E-state index contributed by atoms with van der Waals surface area (Å²) in [6, 6.07) is 5.19. The first-order valence-corrected chi connectivity index (χ1v) is 6.90. The van der Waals surface area contributed by atoms with Gasteiger partial charge in [-0.3, -0.25) is 4.68 Å². The van der Waals surface area contributed by atoms with E-state index in [9.17, 15) is 9.90 Å². The lowest BCUT2D eigenvalue weighted by molar-refractivity contribution is 0.0438. The van der Waals surface area contributed by atoms with Crippen LogP contribution in [0.5, 0.6) is 0 Å². The van der Waals surface area contributed by atoms with E-state index in [1.165, 1.54) is 7.11 Å². The second-order valence-electron chi connectivity index (χ2n) is 5.31. The maximum absolute atomic E-state index is 11.5. The highest BCUT2D eigenvalue weighted by Gasteiger charge is 2.39. The molecule has 1 aliphatic rings.